The van der Waals surface area contributed by atoms with Crippen molar-refractivity contribution < 1.29 is 9.18 Å². The van der Waals surface area contributed by atoms with Crippen LogP contribution in [0, 0.1) is 12.7 Å². The van der Waals surface area contributed by atoms with Crippen LogP contribution in [0.2, 0.25) is 0 Å². The van der Waals surface area contributed by atoms with Gasteiger partial charge in [0.1, 0.15) is 5.82 Å². The van der Waals surface area contributed by atoms with Gasteiger partial charge in [0, 0.05) is 6.20 Å². The van der Waals surface area contributed by atoms with Crippen molar-refractivity contribution >= 4 is 11.7 Å². The fourth-order valence-corrected chi connectivity index (χ4v) is 1.36. The quantitative estimate of drug-likeness (QED) is 0.861. The molecule has 0 aliphatic rings. The molecule has 4 nitrogen and oxygen atoms in total. The van der Waals surface area contributed by atoms with Crippen LogP contribution in [0.3, 0.4) is 0 Å². The number of nitrogens with one attached hydrogen (secondary N) is 1. The van der Waals surface area contributed by atoms with Gasteiger partial charge in [0.2, 0.25) is 0 Å². The molecule has 0 radical (unpaired) electrons. The highest BCUT2D eigenvalue weighted by Gasteiger charge is 2.12. The number of carbonyl (C=O) groups is 1. The Hall–Kier alpha value is -2.30. The first-order chi connectivity index (χ1) is 8.16. The van der Waals surface area contributed by atoms with Gasteiger partial charge < -0.3 is 5.32 Å². The molecular weight excluding hydrogens is 221 g/mol. The van der Waals surface area contributed by atoms with E-state index in [0.29, 0.717) is 0 Å². The lowest BCUT2D eigenvalue weighted by Crippen LogP contribution is -2.14. The minimum Gasteiger partial charge on any atom is -0.305 e. The summed E-state index contributed by atoms with van der Waals surface area (Å²) in [6, 6.07) is 7.64. The van der Waals surface area contributed by atoms with Crippen LogP contribution in [0.25, 0.3) is 0 Å². The van der Waals surface area contributed by atoms with Crippen LogP contribution < -0.4 is 5.32 Å². The molecule has 2 aromatic rings. The van der Waals surface area contributed by atoms with Gasteiger partial charge in [-0.25, -0.2) is 4.39 Å². The Bertz CT molecular complexity index is 543. The highest BCUT2D eigenvalue weighted by Crippen LogP contribution is 2.11. The van der Waals surface area contributed by atoms with Crippen molar-refractivity contribution in [2.75, 3.05) is 5.32 Å². The lowest BCUT2D eigenvalue weighted by Gasteiger charge is -2.04. The van der Waals surface area contributed by atoms with Crippen molar-refractivity contribution in [1.29, 1.82) is 0 Å². The van der Waals surface area contributed by atoms with Crippen molar-refractivity contribution in [3.63, 3.8) is 0 Å². The summed E-state index contributed by atoms with van der Waals surface area (Å²) in [5.74, 6) is -0.799. The number of amides is 1. The van der Waals surface area contributed by atoms with E-state index in [1.165, 1.54) is 18.3 Å². The third-order valence-corrected chi connectivity index (χ3v) is 2.18. The summed E-state index contributed by atoms with van der Waals surface area (Å²) in [4.78, 5) is 11.7. The number of benzene rings is 1. The number of nitrogens with zero attached hydrogens (tertiary/aromatic N) is 2. The predicted octanol–water partition coefficient (Wildman–Crippen LogP) is 2.18. The Morgan fingerprint density at radius 2 is 2.18 bits per heavy atom. The average molecular weight is 231 g/mol. The number of hydrogen-bond acceptors (Lipinski definition) is 3. The van der Waals surface area contributed by atoms with Crippen LogP contribution in [0.5, 0.6) is 0 Å². The number of halogens is 1. The molecule has 1 N–H and O–H groups in total. The highest BCUT2D eigenvalue weighted by molar-refractivity contribution is 6.03. The second kappa shape index (κ2) is 4.69. The molecule has 0 bridgehead atoms. The van der Waals surface area contributed by atoms with E-state index in [9.17, 15) is 9.18 Å². The van der Waals surface area contributed by atoms with Crippen molar-refractivity contribution in [3.05, 3.63) is 53.5 Å². The lowest BCUT2D eigenvalue weighted by molar-refractivity contribution is 0.102. The van der Waals surface area contributed by atoms with Crippen molar-refractivity contribution in [2.45, 2.75) is 6.92 Å². The maximum Gasteiger partial charge on any atom is 0.259 e. The van der Waals surface area contributed by atoms with Gasteiger partial charge in [0.05, 0.1) is 5.56 Å². The average Bonchev–Trinajstić information content (AvgIpc) is 2.30. The SMILES string of the molecule is Cc1ccc(C(=O)Nc2cccnn2)c(F)c1. The van der Waals surface area contributed by atoms with Gasteiger partial charge in [-0.1, -0.05) is 6.07 Å². The summed E-state index contributed by atoms with van der Waals surface area (Å²) < 4.78 is 13.5. The fraction of sp³-hybridized carbons (Fsp3) is 0.0833. The third kappa shape index (κ3) is 2.63. The molecule has 0 unspecified atom stereocenters. The van der Waals surface area contributed by atoms with Crippen LogP contribution in [-0.2, 0) is 0 Å². The Balaban J connectivity index is 2.21. The number of anilines is 1. The van der Waals surface area contributed by atoms with E-state index in [1.807, 2.05) is 0 Å². The minimum absolute atomic E-state index is 0.0127. The van der Waals surface area contributed by atoms with E-state index >= 15 is 0 Å². The smallest absolute Gasteiger partial charge is 0.259 e. The molecule has 0 aliphatic carbocycles. The summed E-state index contributed by atoms with van der Waals surface area (Å²) in [6.45, 7) is 1.76. The standard InChI is InChI=1S/C12H10FN3O/c1-8-4-5-9(10(13)7-8)12(17)15-11-3-2-6-14-16-11/h2-7H,1H3,(H,15,16,17). The molecule has 0 aliphatic heterocycles. The molecule has 17 heavy (non-hydrogen) atoms. The monoisotopic (exact) mass is 231 g/mol. The van der Waals surface area contributed by atoms with E-state index in [0.717, 1.165) is 5.56 Å². The first-order valence-corrected chi connectivity index (χ1v) is 5.02. The summed E-state index contributed by atoms with van der Waals surface area (Å²) in [6.07, 6.45) is 1.49. The van der Waals surface area contributed by atoms with Gasteiger partial charge >= 0.3 is 0 Å². The largest absolute Gasteiger partial charge is 0.305 e. The minimum atomic E-state index is -0.550. The molecule has 5 heteroatoms. The molecule has 0 saturated heterocycles. The van der Waals surface area contributed by atoms with Crippen LogP contribution in [0.4, 0.5) is 10.2 Å². The Labute approximate surface area is 97.5 Å². The van der Waals surface area contributed by atoms with Gasteiger partial charge in [-0.05, 0) is 36.8 Å². The summed E-state index contributed by atoms with van der Waals surface area (Å²) in [5.41, 5.74) is 0.750. The number of carbonyl (C=O) groups excluding carboxylic acids is 1. The zero-order chi connectivity index (χ0) is 12.3. The third-order valence-electron chi connectivity index (χ3n) is 2.18. The Morgan fingerprint density at radius 1 is 1.35 bits per heavy atom. The van der Waals surface area contributed by atoms with Gasteiger partial charge in [0.15, 0.2) is 5.82 Å². The Morgan fingerprint density at radius 3 is 2.82 bits per heavy atom. The molecule has 1 aromatic carbocycles. The second-order valence-corrected chi connectivity index (χ2v) is 3.55. The fourth-order valence-electron chi connectivity index (χ4n) is 1.36. The number of aromatic nitrogens is 2. The van der Waals surface area contributed by atoms with Crippen LogP contribution in [0.15, 0.2) is 36.5 Å². The molecular formula is C12H10FN3O. The van der Waals surface area contributed by atoms with Crippen molar-refractivity contribution in [3.8, 4) is 0 Å². The highest BCUT2D eigenvalue weighted by atomic mass is 19.1. The van der Waals surface area contributed by atoms with E-state index < -0.39 is 11.7 Å². The molecule has 1 aromatic heterocycles. The van der Waals surface area contributed by atoms with E-state index in [1.54, 1.807) is 25.1 Å². The van der Waals surface area contributed by atoms with E-state index in [2.05, 4.69) is 15.5 Å². The molecule has 0 atom stereocenters. The summed E-state index contributed by atoms with van der Waals surface area (Å²) in [5, 5.41) is 9.76. The van der Waals surface area contributed by atoms with Crippen LogP contribution in [0.1, 0.15) is 15.9 Å². The van der Waals surface area contributed by atoms with Gasteiger partial charge in [-0.3, -0.25) is 4.79 Å². The lowest BCUT2D eigenvalue weighted by atomic mass is 10.1. The molecule has 1 heterocycles. The molecule has 1 amide bonds. The number of rotatable bonds is 2. The zero-order valence-electron chi connectivity index (χ0n) is 9.14. The molecule has 2 rings (SSSR count). The first kappa shape index (κ1) is 11.2. The van der Waals surface area contributed by atoms with Crippen LogP contribution >= 0.6 is 0 Å². The number of aryl methyl sites for hydroxylation is 1. The Kier molecular flexibility index (Phi) is 3.09. The first-order valence-electron chi connectivity index (χ1n) is 5.02. The van der Waals surface area contributed by atoms with Gasteiger partial charge in [-0.2, -0.15) is 5.10 Å². The number of hydrogen-bond donors (Lipinski definition) is 1. The van der Waals surface area contributed by atoms with E-state index in [4.69, 9.17) is 0 Å². The maximum absolute atomic E-state index is 13.5. The van der Waals surface area contributed by atoms with Crippen molar-refractivity contribution in [1.82, 2.24) is 10.2 Å². The van der Waals surface area contributed by atoms with Crippen molar-refractivity contribution in [2.24, 2.45) is 0 Å². The molecule has 0 fully saturated rings. The summed E-state index contributed by atoms with van der Waals surface area (Å²) >= 11 is 0. The maximum atomic E-state index is 13.5. The van der Waals surface area contributed by atoms with Gasteiger partial charge in [0.25, 0.3) is 5.91 Å². The van der Waals surface area contributed by atoms with Crippen LogP contribution in [-0.4, -0.2) is 16.1 Å². The predicted molar refractivity (Wildman–Crippen MR) is 61.1 cm³/mol. The molecule has 0 spiro atoms. The van der Waals surface area contributed by atoms with E-state index in [-0.39, 0.29) is 11.4 Å². The normalized spacial score (nSPS) is 10.0. The molecule has 0 saturated carbocycles. The second-order valence-electron chi connectivity index (χ2n) is 3.55. The van der Waals surface area contributed by atoms with Gasteiger partial charge in [-0.15, -0.1) is 5.10 Å². The molecule has 86 valence electrons. The topological polar surface area (TPSA) is 54.9 Å². The summed E-state index contributed by atoms with van der Waals surface area (Å²) in [7, 11) is 0. The zero-order valence-corrected chi connectivity index (χ0v) is 9.14.